The fourth-order valence-corrected chi connectivity index (χ4v) is 4.38. The molecular formula is C19H23NOS. The number of aliphatic hydroxyl groups excluding tert-OH is 1. The Kier molecular flexibility index (Phi) is 5.54. The van der Waals surface area contributed by atoms with Crippen molar-refractivity contribution in [1.29, 1.82) is 0 Å². The highest BCUT2D eigenvalue weighted by Gasteiger charge is 2.34. The molecule has 0 amide bonds. The average Bonchev–Trinajstić information content (AvgIpc) is 2.54. The van der Waals surface area contributed by atoms with Gasteiger partial charge in [0.05, 0.1) is 0 Å². The lowest BCUT2D eigenvalue weighted by molar-refractivity contribution is 0.0742. The summed E-state index contributed by atoms with van der Waals surface area (Å²) in [6.45, 7) is 2.44. The van der Waals surface area contributed by atoms with E-state index in [9.17, 15) is 5.11 Å². The van der Waals surface area contributed by atoms with E-state index in [2.05, 4.69) is 65.6 Å². The van der Waals surface area contributed by atoms with Crippen LogP contribution in [0.1, 0.15) is 18.4 Å². The Morgan fingerprint density at radius 1 is 1.05 bits per heavy atom. The molecule has 116 valence electrons. The van der Waals surface area contributed by atoms with E-state index >= 15 is 0 Å². The average molecular weight is 313 g/mol. The van der Waals surface area contributed by atoms with Crippen LogP contribution in [0.15, 0.2) is 65.6 Å². The summed E-state index contributed by atoms with van der Waals surface area (Å²) in [4.78, 5) is 3.85. The molecule has 0 saturated carbocycles. The Morgan fingerprint density at radius 2 is 1.73 bits per heavy atom. The van der Waals surface area contributed by atoms with Crippen molar-refractivity contribution in [3.8, 4) is 0 Å². The normalized spacial score (nSPS) is 19.6. The van der Waals surface area contributed by atoms with Gasteiger partial charge in [0.2, 0.25) is 0 Å². The molecule has 1 N–H and O–H groups in total. The van der Waals surface area contributed by atoms with E-state index in [4.69, 9.17) is 0 Å². The van der Waals surface area contributed by atoms with Crippen molar-refractivity contribution in [1.82, 2.24) is 4.90 Å². The molecule has 0 bridgehead atoms. The molecule has 3 rings (SSSR count). The van der Waals surface area contributed by atoms with Gasteiger partial charge in [-0.25, -0.2) is 0 Å². The summed E-state index contributed by atoms with van der Waals surface area (Å²) in [7, 11) is 0. The molecule has 0 aliphatic carbocycles. The molecule has 2 aromatic carbocycles. The van der Waals surface area contributed by atoms with Crippen LogP contribution in [0, 0.1) is 0 Å². The maximum absolute atomic E-state index is 9.43. The SMILES string of the molecule is OCC[C@H](Sc1ccccc1)[C@H]1CCN1Cc1ccccc1. The van der Waals surface area contributed by atoms with Gasteiger partial charge in [0.15, 0.2) is 0 Å². The molecule has 2 nitrogen and oxygen atoms in total. The van der Waals surface area contributed by atoms with Crippen LogP contribution in [0.4, 0.5) is 0 Å². The van der Waals surface area contributed by atoms with Crippen LogP contribution in [0.25, 0.3) is 0 Å². The van der Waals surface area contributed by atoms with Gasteiger partial charge in [-0.1, -0.05) is 48.5 Å². The number of benzene rings is 2. The third-order valence-corrected chi connectivity index (χ3v) is 5.68. The standard InChI is InChI=1S/C19H23NOS/c21-14-12-19(22-17-9-5-2-6-10-17)18-11-13-20(18)15-16-7-3-1-4-8-16/h1-10,18-19,21H,11-15H2/t18-,19+/m1/s1. The molecular weight excluding hydrogens is 290 g/mol. The molecule has 1 saturated heterocycles. The van der Waals surface area contributed by atoms with Crippen molar-refractivity contribution < 1.29 is 5.11 Å². The zero-order valence-electron chi connectivity index (χ0n) is 12.8. The predicted molar refractivity (Wildman–Crippen MR) is 93.0 cm³/mol. The first-order chi connectivity index (χ1) is 10.9. The van der Waals surface area contributed by atoms with Crippen LogP contribution >= 0.6 is 11.8 Å². The monoisotopic (exact) mass is 313 g/mol. The smallest absolute Gasteiger partial charge is 0.0442 e. The highest BCUT2D eigenvalue weighted by atomic mass is 32.2. The Morgan fingerprint density at radius 3 is 2.32 bits per heavy atom. The molecule has 2 aromatic rings. The molecule has 0 radical (unpaired) electrons. The van der Waals surface area contributed by atoms with Crippen LogP contribution < -0.4 is 0 Å². The highest BCUT2D eigenvalue weighted by Crippen LogP contribution is 2.35. The lowest BCUT2D eigenvalue weighted by Crippen LogP contribution is -2.52. The second kappa shape index (κ2) is 7.82. The van der Waals surface area contributed by atoms with Gasteiger partial charge in [0, 0.05) is 35.9 Å². The van der Waals surface area contributed by atoms with Crippen LogP contribution in [0.5, 0.6) is 0 Å². The quantitative estimate of drug-likeness (QED) is 0.786. The molecule has 3 heteroatoms. The first-order valence-electron chi connectivity index (χ1n) is 7.97. The fourth-order valence-electron chi connectivity index (χ4n) is 3.03. The lowest BCUT2D eigenvalue weighted by atomic mass is 9.96. The Hall–Kier alpha value is -1.29. The molecule has 0 aromatic heterocycles. The maximum atomic E-state index is 9.43. The molecule has 22 heavy (non-hydrogen) atoms. The van der Waals surface area contributed by atoms with Gasteiger partial charge < -0.3 is 5.11 Å². The van der Waals surface area contributed by atoms with Gasteiger partial charge in [-0.2, -0.15) is 0 Å². The Balaban J connectivity index is 1.64. The molecule has 0 spiro atoms. The maximum Gasteiger partial charge on any atom is 0.0442 e. The van der Waals surface area contributed by atoms with E-state index in [1.165, 1.54) is 16.9 Å². The van der Waals surface area contributed by atoms with Crippen molar-refractivity contribution in [3.63, 3.8) is 0 Å². The van der Waals surface area contributed by atoms with Crippen LogP contribution in [0.2, 0.25) is 0 Å². The van der Waals surface area contributed by atoms with Crippen molar-refractivity contribution >= 4 is 11.8 Å². The van der Waals surface area contributed by atoms with Crippen molar-refractivity contribution in [3.05, 3.63) is 66.2 Å². The molecule has 0 unspecified atom stereocenters. The second-order valence-corrected chi connectivity index (χ2v) is 7.11. The molecule has 1 fully saturated rings. The first kappa shape index (κ1) is 15.6. The summed E-state index contributed by atoms with van der Waals surface area (Å²) < 4.78 is 0. The minimum absolute atomic E-state index is 0.264. The number of thioether (sulfide) groups is 1. The van der Waals surface area contributed by atoms with Gasteiger partial charge >= 0.3 is 0 Å². The molecule has 2 atom stereocenters. The van der Waals surface area contributed by atoms with Gasteiger partial charge in [-0.3, -0.25) is 4.90 Å². The number of nitrogens with zero attached hydrogens (tertiary/aromatic N) is 1. The van der Waals surface area contributed by atoms with Crippen molar-refractivity contribution in [2.75, 3.05) is 13.2 Å². The Bertz CT molecular complexity index is 560. The predicted octanol–water partition coefficient (Wildman–Crippen LogP) is 3.80. The lowest BCUT2D eigenvalue weighted by Gasteiger charge is -2.45. The fraction of sp³-hybridized carbons (Fsp3) is 0.368. The number of aliphatic hydroxyl groups is 1. The van der Waals surface area contributed by atoms with Crippen LogP contribution in [-0.2, 0) is 6.54 Å². The summed E-state index contributed by atoms with van der Waals surface area (Å²) in [6.07, 6.45) is 2.09. The number of hydrogen-bond donors (Lipinski definition) is 1. The van der Waals surface area contributed by atoms with Gasteiger partial charge in [-0.15, -0.1) is 11.8 Å². The minimum atomic E-state index is 0.264. The number of likely N-dealkylation sites (tertiary alicyclic amines) is 1. The molecule has 1 aliphatic rings. The van der Waals surface area contributed by atoms with Crippen LogP contribution in [0.3, 0.4) is 0 Å². The Labute approximate surface area is 137 Å². The number of hydrogen-bond acceptors (Lipinski definition) is 3. The summed E-state index contributed by atoms with van der Waals surface area (Å²) in [6, 6.07) is 21.8. The summed E-state index contributed by atoms with van der Waals surface area (Å²) in [5, 5.41) is 9.89. The first-order valence-corrected chi connectivity index (χ1v) is 8.85. The van der Waals surface area contributed by atoms with E-state index in [0.717, 1.165) is 19.5 Å². The second-order valence-electron chi connectivity index (χ2n) is 5.79. The van der Waals surface area contributed by atoms with E-state index in [0.29, 0.717) is 11.3 Å². The molecule has 1 heterocycles. The van der Waals surface area contributed by atoms with Crippen LogP contribution in [-0.4, -0.2) is 34.4 Å². The van der Waals surface area contributed by atoms with E-state index in [-0.39, 0.29) is 6.61 Å². The third kappa shape index (κ3) is 3.92. The van der Waals surface area contributed by atoms with Crippen molar-refractivity contribution in [2.24, 2.45) is 0 Å². The number of rotatable bonds is 7. The highest BCUT2D eigenvalue weighted by molar-refractivity contribution is 8.00. The van der Waals surface area contributed by atoms with Gasteiger partial charge in [0.1, 0.15) is 0 Å². The summed E-state index contributed by atoms with van der Waals surface area (Å²) in [5.74, 6) is 0. The van der Waals surface area contributed by atoms with Gasteiger partial charge in [0.25, 0.3) is 0 Å². The van der Waals surface area contributed by atoms with E-state index in [1.54, 1.807) is 0 Å². The van der Waals surface area contributed by atoms with E-state index in [1.807, 2.05) is 11.8 Å². The van der Waals surface area contributed by atoms with Crippen molar-refractivity contribution in [2.45, 2.75) is 35.6 Å². The third-order valence-electron chi connectivity index (χ3n) is 4.28. The van der Waals surface area contributed by atoms with E-state index < -0.39 is 0 Å². The topological polar surface area (TPSA) is 23.5 Å². The molecule has 1 aliphatic heterocycles. The summed E-state index contributed by atoms with van der Waals surface area (Å²) >= 11 is 1.91. The zero-order chi connectivity index (χ0) is 15.2. The van der Waals surface area contributed by atoms with Gasteiger partial charge in [-0.05, 0) is 30.5 Å². The minimum Gasteiger partial charge on any atom is -0.396 e. The zero-order valence-corrected chi connectivity index (χ0v) is 13.6. The summed E-state index contributed by atoms with van der Waals surface area (Å²) in [5.41, 5.74) is 1.37. The largest absolute Gasteiger partial charge is 0.396 e.